The summed E-state index contributed by atoms with van der Waals surface area (Å²) < 4.78 is 4.54. The van der Waals surface area contributed by atoms with Crippen LogP contribution in [0, 0.1) is 0 Å². The molecule has 0 unspecified atom stereocenters. The van der Waals surface area contributed by atoms with Gasteiger partial charge < -0.3 is 4.57 Å². The van der Waals surface area contributed by atoms with Gasteiger partial charge in [0.05, 0.1) is 11.0 Å². The summed E-state index contributed by atoms with van der Waals surface area (Å²) in [5.41, 5.74) is 2.16. The highest BCUT2D eigenvalue weighted by atomic mass is 32.2. The molecule has 0 atom stereocenters. The maximum Gasteiger partial charge on any atom is 0.197 e. The summed E-state index contributed by atoms with van der Waals surface area (Å²) in [4.78, 5) is 14.0. The molecule has 120 valence electrons. The van der Waals surface area contributed by atoms with Crippen LogP contribution in [0.1, 0.15) is 20.8 Å². The Morgan fingerprint density at radius 1 is 0.957 bits per heavy atom. The van der Waals surface area contributed by atoms with Crippen molar-refractivity contribution in [2.24, 2.45) is 0 Å². The molecule has 3 aromatic rings. The molecule has 0 fully saturated rings. The standard InChI is InChI=1S/C19H22N2OS/c1-4-20(5-2)23-14-11-12-16-18(13-14)21(6-3)17-10-8-7-9-15(17)19(16)22/h7-13H,4-6H2,1-3H3. The Kier molecular flexibility index (Phi) is 4.74. The second-order valence-corrected chi connectivity index (χ2v) is 6.65. The highest BCUT2D eigenvalue weighted by Gasteiger charge is 2.11. The van der Waals surface area contributed by atoms with E-state index in [0.717, 1.165) is 41.4 Å². The van der Waals surface area contributed by atoms with Gasteiger partial charge in [-0.2, -0.15) is 0 Å². The molecular weight excluding hydrogens is 304 g/mol. The zero-order chi connectivity index (χ0) is 16.4. The van der Waals surface area contributed by atoms with Crippen molar-refractivity contribution in [1.82, 2.24) is 8.87 Å². The van der Waals surface area contributed by atoms with Crippen LogP contribution in [-0.4, -0.2) is 22.0 Å². The highest BCUT2D eigenvalue weighted by molar-refractivity contribution is 7.97. The van der Waals surface area contributed by atoms with Crippen molar-refractivity contribution in [3.05, 3.63) is 52.7 Å². The zero-order valence-electron chi connectivity index (χ0n) is 13.9. The first-order valence-electron chi connectivity index (χ1n) is 8.17. The summed E-state index contributed by atoms with van der Waals surface area (Å²) >= 11 is 1.75. The van der Waals surface area contributed by atoms with Crippen LogP contribution in [0.2, 0.25) is 0 Å². The molecule has 0 aliphatic carbocycles. The lowest BCUT2D eigenvalue weighted by Gasteiger charge is -2.18. The number of hydrogen-bond donors (Lipinski definition) is 0. The molecule has 0 spiro atoms. The normalized spacial score (nSPS) is 11.7. The van der Waals surface area contributed by atoms with E-state index in [1.807, 2.05) is 30.3 Å². The van der Waals surface area contributed by atoms with E-state index in [1.165, 1.54) is 4.90 Å². The first kappa shape index (κ1) is 16.1. The average molecular weight is 326 g/mol. The molecule has 1 aromatic heterocycles. The van der Waals surface area contributed by atoms with Gasteiger partial charge in [-0.25, -0.2) is 4.31 Å². The van der Waals surface area contributed by atoms with E-state index in [1.54, 1.807) is 11.9 Å². The fourth-order valence-corrected chi connectivity index (χ4v) is 3.85. The molecule has 0 aliphatic heterocycles. The van der Waals surface area contributed by atoms with E-state index in [0.29, 0.717) is 0 Å². The lowest BCUT2D eigenvalue weighted by molar-refractivity contribution is 0.525. The van der Waals surface area contributed by atoms with Crippen molar-refractivity contribution in [2.45, 2.75) is 32.2 Å². The Balaban J connectivity index is 2.25. The van der Waals surface area contributed by atoms with Crippen LogP contribution in [0.3, 0.4) is 0 Å². The number of fused-ring (bicyclic) bond motifs is 2. The topological polar surface area (TPSA) is 25.2 Å². The minimum atomic E-state index is 0.125. The molecule has 0 bridgehead atoms. The molecule has 1 heterocycles. The second-order valence-electron chi connectivity index (χ2n) is 5.48. The number of rotatable bonds is 5. The largest absolute Gasteiger partial charge is 0.341 e. The van der Waals surface area contributed by atoms with Gasteiger partial charge in [0.25, 0.3) is 0 Å². The van der Waals surface area contributed by atoms with E-state index in [9.17, 15) is 4.79 Å². The molecule has 3 nitrogen and oxygen atoms in total. The van der Waals surface area contributed by atoms with Crippen molar-refractivity contribution in [2.75, 3.05) is 13.1 Å². The van der Waals surface area contributed by atoms with Crippen LogP contribution in [0.5, 0.6) is 0 Å². The predicted molar refractivity (Wildman–Crippen MR) is 100 cm³/mol. The van der Waals surface area contributed by atoms with Crippen LogP contribution < -0.4 is 5.43 Å². The molecule has 0 amide bonds. The number of benzene rings is 2. The lowest BCUT2D eigenvalue weighted by atomic mass is 10.1. The van der Waals surface area contributed by atoms with Gasteiger partial charge in [0, 0.05) is 35.3 Å². The van der Waals surface area contributed by atoms with Crippen molar-refractivity contribution in [3.8, 4) is 0 Å². The van der Waals surface area contributed by atoms with Crippen LogP contribution in [0.25, 0.3) is 21.8 Å². The number of aryl methyl sites for hydroxylation is 1. The molecule has 0 radical (unpaired) electrons. The first-order chi connectivity index (χ1) is 11.2. The third-order valence-corrected chi connectivity index (χ3v) is 5.44. The van der Waals surface area contributed by atoms with Crippen LogP contribution in [-0.2, 0) is 6.54 Å². The summed E-state index contributed by atoms with van der Waals surface area (Å²) in [6.45, 7) is 9.28. The van der Waals surface area contributed by atoms with Gasteiger partial charge >= 0.3 is 0 Å². The van der Waals surface area contributed by atoms with Crippen LogP contribution >= 0.6 is 11.9 Å². The Labute approximate surface area is 141 Å². The third-order valence-electron chi connectivity index (χ3n) is 4.20. The Morgan fingerprint density at radius 2 is 1.65 bits per heavy atom. The number of pyridine rings is 1. The van der Waals surface area contributed by atoms with Crippen molar-refractivity contribution in [3.63, 3.8) is 0 Å². The molecule has 0 saturated heterocycles. The molecule has 4 heteroatoms. The van der Waals surface area contributed by atoms with Crippen molar-refractivity contribution >= 4 is 33.8 Å². The minimum absolute atomic E-state index is 0.125. The molecule has 0 aliphatic rings. The van der Waals surface area contributed by atoms with E-state index in [-0.39, 0.29) is 5.43 Å². The Bertz CT molecular complexity index is 897. The summed E-state index contributed by atoms with van der Waals surface area (Å²) in [5, 5.41) is 1.60. The molecule has 3 rings (SSSR count). The Morgan fingerprint density at radius 3 is 2.35 bits per heavy atom. The minimum Gasteiger partial charge on any atom is -0.341 e. The third kappa shape index (κ3) is 2.89. The maximum atomic E-state index is 12.8. The molecular formula is C19H22N2OS. The van der Waals surface area contributed by atoms with Gasteiger partial charge in [-0.3, -0.25) is 4.79 Å². The van der Waals surface area contributed by atoms with Gasteiger partial charge in [0.1, 0.15) is 0 Å². The fourth-order valence-electron chi connectivity index (χ4n) is 3.00. The fraction of sp³-hybridized carbons (Fsp3) is 0.316. The quantitative estimate of drug-likeness (QED) is 0.509. The van der Waals surface area contributed by atoms with Crippen molar-refractivity contribution in [1.29, 1.82) is 0 Å². The summed E-state index contributed by atoms with van der Waals surface area (Å²) in [7, 11) is 0. The van der Waals surface area contributed by atoms with E-state index in [4.69, 9.17) is 0 Å². The number of nitrogens with zero attached hydrogens (tertiary/aromatic N) is 2. The van der Waals surface area contributed by atoms with E-state index < -0.39 is 0 Å². The maximum absolute atomic E-state index is 12.8. The van der Waals surface area contributed by atoms with Gasteiger partial charge in [0.15, 0.2) is 5.43 Å². The Hall–Kier alpha value is -1.78. The lowest BCUT2D eigenvalue weighted by Crippen LogP contribution is -2.14. The van der Waals surface area contributed by atoms with Gasteiger partial charge in [-0.1, -0.05) is 26.0 Å². The van der Waals surface area contributed by atoms with Crippen LogP contribution in [0.15, 0.2) is 52.2 Å². The SMILES string of the molecule is CCN(CC)Sc1ccc2c(=O)c3ccccc3n(CC)c2c1. The summed E-state index contributed by atoms with van der Waals surface area (Å²) in [6, 6.07) is 14.1. The number of para-hydroxylation sites is 1. The average Bonchev–Trinajstić information content (AvgIpc) is 2.60. The second kappa shape index (κ2) is 6.77. The van der Waals surface area contributed by atoms with Gasteiger partial charge in [-0.05, 0) is 49.2 Å². The van der Waals surface area contributed by atoms with Crippen LogP contribution in [0.4, 0.5) is 0 Å². The summed E-state index contributed by atoms with van der Waals surface area (Å²) in [5.74, 6) is 0. The molecule has 2 aromatic carbocycles. The number of hydrogen-bond acceptors (Lipinski definition) is 3. The summed E-state index contributed by atoms with van der Waals surface area (Å²) in [6.07, 6.45) is 0. The zero-order valence-corrected chi connectivity index (χ0v) is 14.7. The van der Waals surface area contributed by atoms with Gasteiger partial charge in [0.2, 0.25) is 0 Å². The van der Waals surface area contributed by atoms with E-state index >= 15 is 0 Å². The predicted octanol–water partition coefficient (Wildman–Crippen LogP) is 4.52. The monoisotopic (exact) mass is 326 g/mol. The van der Waals surface area contributed by atoms with Crippen molar-refractivity contribution < 1.29 is 0 Å². The van der Waals surface area contributed by atoms with Gasteiger partial charge in [-0.15, -0.1) is 0 Å². The number of aromatic nitrogens is 1. The first-order valence-corrected chi connectivity index (χ1v) is 8.95. The highest BCUT2D eigenvalue weighted by Crippen LogP contribution is 2.27. The molecule has 0 saturated carbocycles. The molecule has 23 heavy (non-hydrogen) atoms. The van der Waals surface area contributed by atoms with E-state index in [2.05, 4.69) is 41.8 Å². The molecule has 0 N–H and O–H groups in total. The smallest absolute Gasteiger partial charge is 0.197 e.